The molecule has 0 fully saturated rings. The normalized spacial score (nSPS) is 18.9. The molecule has 0 spiro atoms. The average molecular weight is 238 g/mol. The van der Waals surface area contributed by atoms with Crippen molar-refractivity contribution < 1.29 is 4.79 Å². The van der Waals surface area contributed by atoms with Crippen molar-refractivity contribution in [2.24, 2.45) is 11.1 Å². The van der Waals surface area contributed by atoms with Crippen LogP contribution in [0.15, 0.2) is 11.6 Å². The molecule has 0 aromatic carbocycles. The van der Waals surface area contributed by atoms with Crippen molar-refractivity contribution in [3.05, 3.63) is 11.6 Å². The van der Waals surface area contributed by atoms with E-state index >= 15 is 0 Å². The Labute approximate surface area is 105 Å². The lowest BCUT2D eigenvalue weighted by Gasteiger charge is -2.33. The van der Waals surface area contributed by atoms with Gasteiger partial charge in [-0.2, -0.15) is 0 Å². The molecule has 0 aromatic heterocycles. The first-order chi connectivity index (χ1) is 7.86. The highest BCUT2D eigenvalue weighted by molar-refractivity contribution is 5.81. The zero-order chi connectivity index (χ0) is 13.1. The van der Waals surface area contributed by atoms with Crippen LogP contribution < -0.4 is 5.73 Å². The fourth-order valence-electron chi connectivity index (χ4n) is 2.22. The number of carbonyl (C=O) groups excluding carboxylic acids is 1. The highest BCUT2D eigenvalue weighted by Gasteiger charge is 2.25. The van der Waals surface area contributed by atoms with Crippen LogP contribution in [0.3, 0.4) is 0 Å². The first-order valence-corrected chi connectivity index (χ1v) is 6.60. The summed E-state index contributed by atoms with van der Waals surface area (Å²) < 4.78 is 0. The summed E-state index contributed by atoms with van der Waals surface area (Å²) in [4.78, 5) is 13.9. The number of hydrogen-bond donors (Lipinski definition) is 1. The summed E-state index contributed by atoms with van der Waals surface area (Å²) in [7, 11) is 0. The quantitative estimate of drug-likeness (QED) is 0.767. The van der Waals surface area contributed by atoms with Crippen molar-refractivity contribution in [2.75, 3.05) is 13.1 Å². The number of carbonyl (C=O) groups is 1. The molecule has 3 heteroatoms. The Balaban J connectivity index is 2.57. The molecular formula is C14H26N2O. The van der Waals surface area contributed by atoms with E-state index in [0.717, 1.165) is 32.4 Å². The molecule has 17 heavy (non-hydrogen) atoms. The largest absolute Gasteiger partial charge is 0.337 e. The standard InChI is InChI=1S/C14H26N2O/c1-5-6-12(15)13(17)16-9-7-11(8-10-16)14(2,3)4/h7,12H,5-6,8-10,15H2,1-4H3. The van der Waals surface area contributed by atoms with Gasteiger partial charge in [0.25, 0.3) is 0 Å². The molecule has 1 aliphatic heterocycles. The number of nitrogens with zero attached hydrogens (tertiary/aromatic N) is 1. The van der Waals surface area contributed by atoms with Crippen LogP contribution in [-0.2, 0) is 4.79 Å². The molecule has 98 valence electrons. The molecule has 1 unspecified atom stereocenters. The maximum Gasteiger partial charge on any atom is 0.239 e. The minimum absolute atomic E-state index is 0.107. The summed E-state index contributed by atoms with van der Waals surface area (Å²) in [5.41, 5.74) is 7.54. The molecule has 0 radical (unpaired) electrons. The topological polar surface area (TPSA) is 46.3 Å². The number of amides is 1. The Kier molecular flexibility index (Phi) is 4.75. The minimum Gasteiger partial charge on any atom is -0.337 e. The molecule has 2 N–H and O–H groups in total. The van der Waals surface area contributed by atoms with Crippen molar-refractivity contribution in [3.63, 3.8) is 0 Å². The van der Waals surface area contributed by atoms with Gasteiger partial charge in [-0.25, -0.2) is 0 Å². The molecule has 0 aromatic rings. The van der Waals surface area contributed by atoms with Crippen molar-refractivity contribution in [3.8, 4) is 0 Å². The number of rotatable bonds is 3. The van der Waals surface area contributed by atoms with E-state index in [1.807, 2.05) is 4.90 Å². The summed E-state index contributed by atoms with van der Waals surface area (Å²) in [5, 5.41) is 0. The smallest absolute Gasteiger partial charge is 0.239 e. The van der Waals surface area contributed by atoms with Gasteiger partial charge in [-0.05, 0) is 18.3 Å². The highest BCUT2D eigenvalue weighted by Crippen LogP contribution is 2.30. The summed E-state index contributed by atoms with van der Waals surface area (Å²) >= 11 is 0. The SMILES string of the molecule is CCCC(N)C(=O)N1CC=C(C(C)(C)C)CC1. The number of hydrogen-bond acceptors (Lipinski definition) is 2. The van der Waals surface area contributed by atoms with E-state index in [0.29, 0.717) is 0 Å². The maximum absolute atomic E-state index is 12.0. The Hall–Kier alpha value is -0.830. The van der Waals surface area contributed by atoms with Crippen LogP contribution in [0, 0.1) is 5.41 Å². The van der Waals surface area contributed by atoms with Crippen LogP contribution in [0.5, 0.6) is 0 Å². The van der Waals surface area contributed by atoms with Gasteiger partial charge in [0.15, 0.2) is 0 Å². The van der Waals surface area contributed by atoms with Crippen LogP contribution in [0.4, 0.5) is 0 Å². The molecule has 1 aliphatic rings. The monoisotopic (exact) mass is 238 g/mol. The Bertz CT molecular complexity index is 302. The van der Waals surface area contributed by atoms with E-state index in [1.54, 1.807) is 0 Å². The highest BCUT2D eigenvalue weighted by atomic mass is 16.2. The fourth-order valence-corrected chi connectivity index (χ4v) is 2.22. The van der Waals surface area contributed by atoms with Crippen LogP contribution in [-0.4, -0.2) is 29.9 Å². The Morgan fingerprint density at radius 2 is 2.18 bits per heavy atom. The van der Waals surface area contributed by atoms with Gasteiger partial charge in [-0.1, -0.05) is 45.8 Å². The predicted octanol–water partition coefficient (Wildman–Crippen LogP) is 2.32. The predicted molar refractivity (Wildman–Crippen MR) is 71.6 cm³/mol. The molecule has 0 aliphatic carbocycles. The third-order valence-electron chi connectivity index (χ3n) is 3.40. The molecule has 0 saturated heterocycles. The van der Waals surface area contributed by atoms with Crippen molar-refractivity contribution in [1.82, 2.24) is 4.90 Å². The molecule has 1 rings (SSSR count). The molecule has 1 heterocycles. The van der Waals surface area contributed by atoms with Gasteiger partial charge in [0.05, 0.1) is 6.04 Å². The lowest BCUT2D eigenvalue weighted by molar-refractivity contribution is -0.132. The average Bonchev–Trinajstić information content (AvgIpc) is 2.27. The van der Waals surface area contributed by atoms with Gasteiger partial charge in [-0.15, -0.1) is 0 Å². The van der Waals surface area contributed by atoms with Gasteiger partial charge in [0, 0.05) is 13.1 Å². The van der Waals surface area contributed by atoms with E-state index in [9.17, 15) is 4.79 Å². The Morgan fingerprint density at radius 1 is 1.53 bits per heavy atom. The lowest BCUT2D eigenvalue weighted by Crippen LogP contribution is -2.45. The van der Waals surface area contributed by atoms with E-state index in [1.165, 1.54) is 5.57 Å². The first kappa shape index (κ1) is 14.2. The summed E-state index contributed by atoms with van der Waals surface area (Å²) in [6.45, 7) is 10.3. The second-order valence-corrected chi connectivity index (χ2v) is 5.91. The maximum atomic E-state index is 12.0. The van der Waals surface area contributed by atoms with Crippen LogP contribution in [0.25, 0.3) is 0 Å². The van der Waals surface area contributed by atoms with Gasteiger partial charge in [0.2, 0.25) is 5.91 Å². The fraction of sp³-hybridized carbons (Fsp3) is 0.786. The van der Waals surface area contributed by atoms with Crippen molar-refractivity contribution in [1.29, 1.82) is 0 Å². The van der Waals surface area contributed by atoms with E-state index in [-0.39, 0.29) is 17.4 Å². The van der Waals surface area contributed by atoms with E-state index in [4.69, 9.17) is 5.73 Å². The third kappa shape index (κ3) is 3.84. The zero-order valence-electron chi connectivity index (χ0n) is 11.6. The molecule has 1 amide bonds. The minimum atomic E-state index is -0.315. The van der Waals surface area contributed by atoms with Crippen LogP contribution in [0.1, 0.15) is 47.0 Å². The zero-order valence-corrected chi connectivity index (χ0v) is 11.6. The lowest BCUT2D eigenvalue weighted by atomic mass is 9.83. The van der Waals surface area contributed by atoms with Gasteiger partial charge in [-0.3, -0.25) is 4.79 Å². The first-order valence-electron chi connectivity index (χ1n) is 6.60. The summed E-state index contributed by atoms with van der Waals surface area (Å²) in [6, 6.07) is -0.315. The molecule has 0 saturated carbocycles. The molecular weight excluding hydrogens is 212 g/mol. The molecule has 3 nitrogen and oxygen atoms in total. The van der Waals surface area contributed by atoms with E-state index in [2.05, 4.69) is 33.8 Å². The van der Waals surface area contributed by atoms with Crippen molar-refractivity contribution in [2.45, 2.75) is 53.0 Å². The second-order valence-electron chi connectivity index (χ2n) is 5.91. The number of nitrogens with two attached hydrogens (primary N) is 1. The Morgan fingerprint density at radius 3 is 2.59 bits per heavy atom. The van der Waals surface area contributed by atoms with Crippen LogP contribution in [0.2, 0.25) is 0 Å². The van der Waals surface area contributed by atoms with Crippen molar-refractivity contribution >= 4 is 5.91 Å². The molecule has 0 bridgehead atoms. The summed E-state index contributed by atoms with van der Waals surface area (Å²) in [5.74, 6) is 0.107. The van der Waals surface area contributed by atoms with Gasteiger partial charge < -0.3 is 10.6 Å². The second kappa shape index (κ2) is 5.67. The third-order valence-corrected chi connectivity index (χ3v) is 3.40. The van der Waals surface area contributed by atoms with E-state index < -0.39 is 0 Å². The van der Waals surface area contributed by atoms with Gasteiger partial charge in [0.1, 0.15) is 0 Å². The van der Waals surface area contributed by atoms with Gasteiger partial charge >= 0.3 is 0 Å². The molecule has 1 atom stereocenters. The summed E-state index contributed by atoms with van der Waals surface area (Å²) in [6.07, 6.45) is 4.92. The van der Waals surface area contributed by atoms with Crippen LogP contribution >= 0.6 is 0 Å².